The van der Waals surface area contributed by atoms with Crippen molar-refractivity contribution in [2.75, 3.05) is 52.7 Å². The van der Waals surface area contributed by atoms with E-state index in [1.807, 2.05) is 0 Å². The first-order valence-electron chi connectivity index (χ1n) is 7.18. The van der Waals surface area contributed by atoms with Crippen LogP contribution in [0.2, 0.25) is 0 Å². The maximum Gasteiger partial charge on any atom is 0.132 e. The van der Waals surface area contributed by atoms with Crippen LogP contribution in [0.5, 0.6) is 0 Å². The van der Waals surface area contributed by atoms with Gasteiger partial charge in [-0.05, 0) is 0 Å². The minimum Gasteiger partial charge on any atom is -0.361 e. The van der Waals surface area contributed by atoms with Crippen LogP contribution in [0.3, 0.4) is 0 Å². The van der Waals surface area contributed by atoms with Gasteiger partial charge in [-0.25, -0.2) is 5.01 Å². The first-order chi connectivity index (χ1) is 9.74. The van der Waals surface area contributed by atoms with Gasteiger partial charge in [0.05, 0.1) is 26.4 Å². The summed E-state index contributed by atoms with van der Waals surface area (Å²) in [5.74, 6) is 0. The van der Waals surface area contributed by atoms with Gasteiger partial charge >= 0.3 is 0 Å². The molecule has 0 aliphatic carbocycles. The monoisotopic (exact) mass is 287 g/mol. The molecule has 3 atom stereocenters. The summed E-state index contributed by atoms with van der Waals surface area (Å²) in [7, 11) is 0. The van der Waals surface area contributed by atoms with Crippen molar-refractivity contribution in [3.8, 4) is 0 Å². The van der Waals surface area contributed by atoms with Gasteiger partial charge in [0, 0.05) is 26.3 Å². The molecule has 3 heterocycles. The van der Waals surface area contributed by atoms with Gasteiger partial charge in [-0.15, -0.1) is 0 Å². The van der Waals surface area contributed by atoms with Gasteiger partial charge in [-0.3, -0.25) is 15.5 Å². The summed E-state index contributed by atoms with van der Waals surface area (Å²) in [6.45, 7) is 6.06. The van der Waals surface area contributed by atoms with Crippen molar-refractivity contribution in [1.82, 2.24) is 25.6 Å². The van der Waals surface area contributed by atoms with Crippen molar-refractivity contribution in [2.45, 2.75) is 18.7 Å². The van der Waals surface area contributed by atoms with Crippen LogP contribution in [-0.4, -0.2) is 86.4 Å². The van der Waals surface area contributed by atoms with E-state index in [9.17, 15) is 0 Å². The maximum absolute atomic E-state index is 5.90. The summed E-state index contributed by atoms with van der Waals surface area (Å²) in [5, 5.41) is 11.3. The van der Waals surface area contributed by atoms with Gasteiger partial charge in [0.15, 0.2) is 0 Å². The lowest BCUT2D eigenvalue weighted by Gasteiger charge is -2.50. The molecule has 116 valence electrons. The van der Waals surface area contributed by atoms with Gasteiger partial charge in [0.1, 0.15) is 18.7 Å². The molecule has 3 fully saturated rings. The third-order valence-corrected chi connectivity index (χ3v) is 3.87. The number of hydrazine groups is 1. The Labute approximate surface area is 119 Å². The minimum absolute atomic E-state index is 0.122. The van der Waals surface area contributed by atoms with E-state index in [1.165, 1.54) is 0 Å². The van der Waals surface area contributed by atoms with Crippen molar-refractivity contribution < 1.29 is 9.47 Å². The largest absolute Gasteiger partial charge is 0.361 e. The number of morpholine rings is 2. The Balaban J connectivity index is 1.66. The van der Waals surface area contributed by atoms with Crippen molar-refractivity contribution in [2.24, 2.45) is 11.5 Å². The molecule has 3 saturated heterocycles. The number of nitrogens with two attached hydrogens (primary N) is 2. The van der Waals surface area contributed by atoms with E-state index >= 15 is 0 Å². The van der Waals surface area contributed by atoms with Crippen molar-refractivity contribution in [1.29, 1.82) is 0 Å². The van der Waals surface area contributed by atoms with Crippen LogP contribution < -0.4 is 22.1 Å². The highest BCUT2D eigenvalue weighted by atomic mass is 16.5. The Kier molecular flexibility index (Phi) is 4.81. The molecule has 0 bridgehead atoms. The number of nitrogens with one attached hydrogen (secondary N) is 2. The third-order valence-electron chi connectivity index (χ3n) is 3.87. The molecule has 9 heteroatoms. The first kappa shape index (κ1) is 14.6. The molecule has 20 heavy (non-hydrogen) atoms. The molecule has 0 aromatic heterocycles. The fraction of sp³-hybridized carbons (Fsp3) is 1.00. The normalized spacial score (nSPS) is 39.0. The van der Waals surface area contributed by atoms with Crippen LogP contribution in [0, 0.1) is 0 Å². The fourth-order valence-electron chi connectivity index (χ4n) is 2.91. The molecular formula is C11H25N7O2. The SMILES string of the molecule is NC1CN(C2NCNCN2N2CCOC(N)C2)CCO1. The molecular weight excluding hydrogens is 262 g/mol. The predicted molar refractivity (Wildman–Crippen MR) is 72.6 cm³/mol. The Morgan fingerprint density at radius 2 is 1.75 bits per heavy atom. The Bertz CT molecular complexity index is 291. The van der Waals surface area contributed by atoms with Gasteiger partial charge in [-0.2, -0.15) is 5.01 Å². The van der Waals surface area contributed by atoms with Crippen LogP contribution in [0.25, 0.3) is 0 Å². The lowest BCUT2D eigenvalue weighted by molar-refractivity contribution is -0.200. The second-order valence-electron chi connectivity index (χ2n) is 5.33. The first-order valence-corrected chi connectivity index (χ1v) is 7.18. The number of ether oxygens (including phenoxy) is 2. The molecule has 0 aromatic rings. The van der Waals surface area contributed by atoms with Crippen LogP contribution in [0.1, 0.15) is 0 Å². The maximum atomic E-state index is 5.90. The molecule has 0 radical (unpaired) electrons. The van der Waals surface area contributed by atoms with Gasteiger partial charge in [0.2, 0.25) is 0 Å². The van der Waals surface area contributed by atoms with E-state index in [2.05, 4.69) is 25.6 Å². The van der Waals surface area contributed by atoms with Gasteiger partial charge in [-0.1, -0.05) is 0 Å². The van der Waals surface area contributed by atoms with Gasteiger partial charge in [0.25, 0.3) is 0 Å². The minimum atomic E-state index is -0.224. The second-order valence-corrected chi connectivity index (χ2v) is 5.33. The molecule has 3 rings (SSSR count). The van der Waals surface area contributed by atoms with Crippen LogP contribution in [-0.2, 0) is 9.47 Å². The third kappa shape index (κ3) is 3.27. The lowest BCUT2D eigenvalue weighted by Crippen LogP contribution is -2.72. The zero-order chi connectivity index (χ0) is 13.9. The highest BCUT2D eigenvalue weighted by Crippen LogP contribution is 2.14. The lowest BCUT2D eigenvalue weighted by atomic mass is 10.3. The zero-order valence-corrected chi connectivity index (χ0v) is 11.7. The standard InChI is InChI=1S/C11H25N7O2/c12-9-5-16(1-3-19-9)11-15-7-14-8-18(11)17-2-4-20-10(13)6-17/h9-11,14-15H,1-8,12-13H2. The zero-order valence-electron chi connectivity index (χ0n) is 11.7. The molecule has 3 unspecified atom stereocenters. The highest BCUT2D eigenvalue weighted by Gasteiger charge is 2.35. The molecule has 9 nitrogen and oxygen atoms in total. The van der Waals surface area contributed by atoms with E-state index in [-0.39, 0.29) is 18.7 Å². The molecule has 0 aromatic carbocycles. The highest BCUT2D eigenvalue weighted by molar-refractivity contribution is 4.79. The van der Waals surface area contributed by atoms with Crippen LogP contribution in [0.15, 0.2) is 0 Å². The second kappa shape index (κ2) is 6.60. The Morgan fingerprint density at radius 3 is 2.50 bits per heavy atom. The molecule has 0 saturated carbocycles. The Hall–Kier alpha value is -0.360. The quantitative estimate of drug-likeness (QED) is 0.418. The molecule has 6 N–H and O–H groups in total. The summed E-state index contributed by atoms with van der Waals surface area (Å²) < 4.78 is 10.8. The number of hydrogen-bond donors (Lipinski definition) is 4. The van der Waals surface area contributed by atoms with Crippen LogP contribution in [0.4, 0.5) is 0 Å². The Morgan fingerprint density at radius 1 is 1.00 bits per heavy atom. The van der Waals surface area contributed by atoms with E-state index < -0.39 is 0 Å². The van der Waals surface area contributed by atoms with Crippen molar-refractivity contribution in [3.05, 3.63) is 0 Å². The molecule has 0 spiro atoms. The molecule has 3 aliphatic rings. The smallest absolute Gasteiger partial charge is 0.132 e. The average Bonchev–Trinajstić information content (AvgIpc) is 2.47. The van der Waals surface area contributed by atoms with E-state index in [0.717, 1.165) is 33.0 Å². The fourth-order valence-corrected chi connectivity index (χ4v) is 2.91. The average molecular weight is 287 g/mol. The number of rotatable bonds is 2. The summed E-state index contributed by atoms with van der Waals surface area (Å²) in [6.07, 6.45) is -0.316. The van der Waals surface area contributed by atoms with E-state index in [1.54, 1.807) is 0 Å². The number of nitrogens with zero attached hydrogens (tertiary/aromatic N) is 3. The summed E-state index contributed by atoms with van der Waals surface area (Å²) >= 11 is 0. The number of hydrogen-bond acceptors (Lipinski definition) is 9. The van der Waals surface area contributed by atoms with Crippen molar-refractivity contribution in [3.63, 3.8) is 0 Å². The topological polar surface area (TPSA) is 104 Å². The predicted octanol–water partition coefficient (Wildman–Crippen LogP) is -3.17. The van der Waals surface area contributed by atoms with Crippen molar-refractivity contribution >= 4 is 0 Å². The van der Waals surface area contributed by atoms with E-state index in [0.29, 0.717) is 19.8 Å². The van der Waals surface area contributed by atoms with Crippen LogP contribution >= 0.6 is 0 Å². The van der Waals surface area contributed by atoms with Gasteiger partial charge < -0.3 is 20.9 Å². The van der Waals surface area contributed by atoms with E-state index in [4.69, 9.17) is 20.9 Å². The molecule has 0 amide bonds. The molecule has 3 aliphatic heterocycles. The summed E-state index contributed by atoms with van der Waals surface area (Å²) in [4.78, 5) is 2.32. The summed E-state index contributed by atoms with van der Waals surface area (Å²) in [6, 6.07) is 0. The summed E-state index contributed by atoms with van der Waals surface area (Å²) in [5.41, 5.74) is 11.8.